The van der Waals surface area contributed by atoms with Gasteiger partial charge >= 0.3 is 0 Å². The molecule has 1 aliphatic carbocycles. The van der Waals surface area contributed by atoms with Crippen molar-refractivity contribution in [3.63, 3.8) is 0 Å². The van der Waals surface area contributed by atoms with Gasteiger partial charge in [-0.3, -0.25) is 0 Å². The van der Waals surface area contributed by atoms with Gasteiger partial charge in [0.05, 0.1) is 15.6 Å². The summed E-state index contributed by atoms with van der Waals surface area (Å²) in [5, 5.41) is 0. The van der Waals surface area contributed by atoms with Gasteiger partial charge in [0.2, 0.25) is 0 Å². The minimum absolute atomic E-state index is 0.514. The Kier molecular flexibility index (Phi) is 5.19. The number of ether oxygens (including phenoxy) is 1. The molecule has 1 aromatic rings. The Morgan fingerprint density at radius 3 is 2.29 bits per heavy atom. The number of benzene rings is 1. The molecule has 17 heavy (non-hydrogen) atoms. The van der Waals surface area contributed by atoms with Gasteiger partial charge in [0.25, 0.3) is 0 Å². The van der Waals surface area contributed by atoms with Crippen molar-refractivity contribution in [2.75, 3.05) is 6.61 Å². The molecule has 0 radical (unpaired) electrons. The van der Waals surface area contributed by atoms with Gasteiger partial charge in [-0.05, 0) is 68.3 Å². The first-order valence-corrected chi connectivity index (χ1v) is 7.99. The lowest BCUT2D eigenvalue weighted by Gasteiger charge is -2.14. The third kappa shape index (κ3) is 3.62. The number of halogens is 3. The lowest BCUT2D eigenvalue weighted by atomic mass is 10.1. The van der Waals surface area contributed by atoms with Crippen molar-refractivity contribution in [2.45, 2.75) is 31.6 Å². The molecule has 0 bridgehead atoms. The van der Waals surface area contributed by atoms with E-state index in [-0.39, 0.29) is 0 Å². The van der Waals surface area contributed by atoms with Gasteiger partial charge in [0, 0.05) is 5.88 Å². The molecule has 2 rings (SSSR count). The van der Waals surface area contributed by atoms with E-state index < -0.39 is 0 Å². The first-order valence-electron chi connectivity index (χ1n) is 5.87. The average molecular weight is 383 g/mol. The van der Waals surface area contributed by atoms with E-state index >= 15 is 0 Å². The van der Waals surface area contributed by atoms with Crippen LogP contribution in [0.5, 0.6) is 5.75 Å². The predicted octanol–water partition coefficient (Wildman–Crippen LogP) is 5.52. The van der Waals surface area contributed by atoms with Crippen LogP contribution in [-0.2, 0) is 5.88 Å². The summed E-state index contributed by atoms with van der Waals surface area (Å²) in [5.74, 6) is 2.13. The highest BCUT2D eigenvalue weighted by Crippen LogP contribution is 2.36. The summed E-state index contributed by atoms with van der Waals surface area (Å²) in [6.45, 7) is 0.817. The molecular formula is C13H15Br2ClO. The number of hydrogen-bond acceptors (Lipinski definition) is 1. The summed E-state index contributed by atoms with van der Waals surface area (Å²) in [6.07, 6.45) is 5.30. The molecule has 0 aromatic heterocycles. The fourth-order valence-electron chi connectivity index (χ4n) is 2.21. The Hall–Kier alpha value is 0.270. The van der Waals surface area contributed by atoms with Crippen LogP contribution in [0.15, 0.2) is 21.1 Å². The maximum atomic E-state index is 5.91. The van der Waals surface area contributed by atoms with Crippen molar-refractivity contribution < 1.29 is 4.74 Å². The van der Waals surface area contributed by atoms with Gasteiger partial charge in [-0.2, -0.15) is 0 Å². The van der Waals surface area contributed by atoms with E-state index in [2.05, 4.69) is 31.9 Å². The lowest BCUT2D eigenvalue weighted by Crippen LogP contribution is -2.08. The number of alkyl halides is 1. The first kappa shape index (κ1) is 13.7. The fourth-order valence-corrected chi connectivity index (χ4v) is 3.87. The monoisotopic (exact) mass is 380 g/mol. The molecule has 0 N–H and O–H groups in total. The predicted molar refractivity (Wildman–Crippen MR) is 78.9 cm³/mol. The van der Waals surface area contributed by atoms with Crippen LogP contribution in [0.3, 0.4) is 0 Å². The number of hydrogen-bond donors (Lipinski definition) is 0. The maximum absolute atomic E-state index is 5.91. The van der Waals surface area contributed by atoms with Crippen molar-refractivity contribution in [2.24, 2.45) is 5.92 Å². The van der Waals surface area contributed by atoms with Gasteiger partial charge in [-0.15, -0.1) is 11.6 Å². The van der Waals surface area contributed by atoms with Crippen LogP contribution in [0.2, 0.25) is 0 Å². The molecule has 0 atom stereocenters. The van der Waals surface area contributed by atoms with E-state index in [1.807, 2.05) is 12.1 Å². The lowest BCUT2D eigenvalue weighted by molar-refractivity contribution is 0.249. The second-order valence-corrected chi connectivity index (χ2v) is 6.46. The summed E-state index contributed by atoms with van der Waals surface area (Å²) in [4.78, 5) is 0. The Morgan fingerprint density at radius 1 is 1.18 bits per heavy atom. The highest BCUT2D eigenvalue weighted by Gasteiger charge is 2.17. The molecule has 0 amide bonds. The molecule has 94 valence electrons. The molecule has 0 aliphatic heterocycles. The van der Waals surface area contributed by atoms with Gasteiger partial charge in [-0.1, -0.05) is 12.8 Å². The summed E-state index contributed by atoms with van der Waals surface area (Å²) in [5.41, 5.74) is 1.08. The van der Waals surface area contributed by atoms with Crippen LogP contribution in [0, 0.1) is 5.92 Å². The molecule has 0 heterocycles. The molecule has 0 unspecified atom stereocenters. The van der Waals surface area contributed by atoms with E-state index in [0.29, 0.717) is 5.88 Å². The molecule has 1 aromatic carbocycles. The van der Waals surface area contributed by atoms with Crippen LogP contribution < -0.4 is 4.74 Å². The minimum atomic E-state index is 0.514. The Morgan fingerprint density at radius 2 is 1.76 bits per heavy atom. The Labute approximate surface area is 124 Å². The van der Waals surface area contributed by atoms with Crippen LogP contribution >= 0.6 is 43.5 Å². The molecule has 1 saturated carbocycles. The molecular weight excluding hydrogens is 367 g/mol. The molecule has 0 spiro atoms. The van der Waals surface area contributed by atoms with Crippen molar-refractivity contribution in [3.8, 4) is 5.75 Å². The fraction of sp³-hybridized carbons (Fsp3) is 0.538. The molecule has 0 saturated heterocycles. The van der Waals surface area contributed by atoms with Gasteiger partial charge in [0.15, 0.2) is 0 Å². The third-order valence-corrected chi connectivity index (χ3v) is 4.64. The topological polar surface area (TPSA) is 9.23 Å². The average Bonchev–Trinajstić information content (AvgIpc) is 2.80. The zero-order chi connectivity index (χ0) is 12.3. The zero-order valence-corrected chi connectivity index (χ0v) is 13.4. The molecule has 1 nitrogen and oxygen atoms in total. The second-order valence-electron chi connectivity index (χ2n) is 4.48. The summed E-state index contributed by atoms with van der Waals surface area (Å²) >= 11 is 12.9. The van der Waals surface area contributed by atoms with Crippen LogP contribution in [0.1, 0.15) is 31.2 Å². The smallest absolute Gasteiger partial charge is 0.147 e. The summed E-state index contributed by atoms with van der Waals surface area (Å²) < 4.78 is 7.86. The Bertz CT molecular complexity index is 366. The van der Waals surface area contributed by atoms with Crippen molar-refractivity contribution in [1.29, 1.82) is 0 Å². The van der Waals surface area contributed by atoms with Crippen LogP contribution in [0.4, 0.5) is 0 Å². The van der Waals surface area contributed by atoms with E-state index in [1.165, 1.54) is 25.7 Å². The van der Waals surface area contributed by atoms with E-state index in [0.717, 1.165) is 32.8 Å². The SMILES string of the molecule is ClCc1cc(Br)c(OCC2CCCC2)c(Br)c1. The van der Waals surface area contributed by atoms with Crippen molar-refractivity contribution in [1.82, 2.24) is 0 Å². The highest BCUT2D eigenvalue weighted by atomic mass is 79.9. The third-order valence-electron chi connectivity index (χ3n) is 3.15. The highest BCUT2D eigenvalue weighted by molar-refractivity contribution is 9.11. The van der Waals surface area contributed by atoms with Gasteiger partial charge in [-0.25, -0.2) is 0 Å². The first-order chi connectivity index (χ1) is 8.20. The van der Waals surface area contributed by atoms with Gasteiger partial charge < -0.3 is 4.74 Å². The van der Waals surface area contributed by atoms with Crippen molar-refractivity contribution >= 4 is 43.5 Å². The van der Waals surface area contributed by atoms with Crippen LogP contribution in [-0.4, -0.2) is 6.61 Å². The molecule has 1 fully saturated rings. The van der Waals surface area contributed by atoms with Crippen molar-refractivity contribution in [3.05, 3.63) is 26.6 Å². The standard InChI is InChI=1S/C13H15Br2ClO/c14-11-5-10(7-16)6-12(15)13(11)17-8-9-3-1-2-4-9/h5-6,9H,1-4,7-8H2. The van der Waals surface area contributed by atoms with Gasteiger partial charge in [0.1, 0.15) is 5.75 Å². The summed E-state index contributed by atoms with van der Waals surface area (Å²) in [6, 6.07) is 4.03. The second kappa shape index (κ2) is 6.44. The zero-order valence-electron chi connectivity index (χ0n) is 9.52. The quantitative estimate of drug-likeness (QED) is 0.623. The van der Waals surface area contributed by atoms with E-state index in [4.69, 9.17) is 16.3 Å². The minimum Gasteiger partial charge on any atom is -0.491 e. The van der Waals surface area contributed by atoms with E-state index in [9.17, 15) is 0 Å². The largest absolute Gasteiger partial charge is 0.491 e. The van der Waals surface area contributed by atoms with E-state index in [1.54, 1.807) is 0 Å². The van der Waals surface area contributed by atoms with Crippen LogP contribution in [0.25, 0.3) is 0 Å². The molecule has 1 aliphatic rings. The Balaban J connectivity index is 2.04. The normalized spacial score (nSPS) is 16.4. The maximum Gasteiger partial charge on any atom is 0.147 e. The summed E-state index contributed by atoms with van der Waals surface area (Å²) in [7, 11) is 0. The molecule has 4 heteroatoms. The number of rotatable bonds is 4.